The summed E-state index contributed by atoms with van der Waals surface area (Å²) in [5.74, 6) is 0.630. The van der Waals surface area contributed by atoms with Crippen molar-refractivity contribution < 1.29 is 4.79 Å². The largest absolute Gasteiger partial charge is 0.294 e. The van der Waals surface area contributed by atoms with Gasteiger partial charge in [-0.15, -0.1) is 0 Å². The molecule has 0 radical (unpaired) electrons. The molecule has 0 unspecified atom stereocenters. The van der Waals surface area contributed by atoms with E-state index in [-0.39, 0.29) is 5.78 Å². The highest BCUT2D eigenvalue weighted by molar-refractivity contribution is 9.10. The van der Waals surface area contributed by atoms with Gasteiger partial charge in [0, 0.05) is 16.5 Å². The molecule has 0 saturated heterocycles. The Bertz CT molecular complexity index is 342. The molecule has 2 heteroatoms. The van der Waals surface area contributed by atoms with E-state index in [1.54, 1.807) is 0 Å². The van der Waals surface area contributed by atoms with Crippen LogP contribution in [0.2, 0.25) is 0 Å². The Morgan fingerprint density at radius 2 is 2.07 bits per heavy atom. The van der Waals surface area contributed by atoms with Crippen molar-refractivity contribution in [1.29, 1.82) is 0 Å². The lowest BCUT2D eigenvalue weighted by Gasteiger charge is -2.06. The van der Waals surface area contributed by atoms with Gasteiger partial charge >= 0.3 is 0 Å². The summed E-state index contributed by atoms with van der Waals surface area (Å²) in [4.78, 5) is 11.8. The molecule has 1 aromatic carbocycles. The van der Waals surface area contributed by atoms with E-state index < -0.39 is 0 Å². The van der Waals surface area contributed by atoms with Gasteiger partial charge in [-0.1, -0.05) is 41.4 Å². The molecule has 0 aliphatic heterocycles. The number of carbonyl (C=O) groups is 1. The average Bonchev–Trinajstić information content (AvgIpc) is 2.08. The lowest BCUT2D eigenvalue weighted by Crippen LogP contribution is -2.04. The summed E-state index contributed by atoms with van der Waals surface area (Å²) in [6, 6.07) is 5.87. The minimum atomic E-state index is 0.218. The van der Waals surface area contributed by atoms with Crippen LogP contribution in [0.25, 0.3) is 0 Å². The lowest BCUT2D eigenvalue weighted by atomic mass is 10.00. The second-order valence-corrected chi connectivity index (χ2v) is 4.86. The Labute approximate surface area is 93.7 Å². The summed E-state index contributed by atoms with van der Waals surface area (Å²) < 4.78 is 0.897. The number of hydrogen-bond acceptors (Lipinski definition) is 1. The highest BCUT2D eigenvalue weighted by atomic mass is 79.9. The van der Waals surface area contributed by atoms with E-state index in [1.807, 2.05) is 25.1 Å². The highest BCUT2D eigenvalue weighted by Gasteiger charge is 2.11. The van der Waals surface area contributed by atoms with E-state index in [2.05, 4.69) is 29.8 Å². The summed E-state index contributed by atoms with van der Waals surface area (Å²) in [5.41, 5.74) is 1.93. The fraction of sp³-hybridized carbons (Fsp3) is 0.417. The first-order valence-electron chi connectivity index (χ1n) is 4.80. The summed E-state index contributed by atoms with van der Waals surface area (Å²) in [6.07, 6.45) is 0.613. The topological polar surface area (TPSA) is 17.1 Å². The molecule has 76 valence electrons. The molecule has 0 aliphatic rings. The molecule has 0 aliphatic carbocycles. The molecule has 14 heavy (non-hydrogen) atoms. The van der Waals surface area contributed by atoms with Gasteiger partial charge < -0.3 is 0 Å². The Morgan fingerprint density at radius 3 is 2.64 bits per heavy atom. The summed E-state index contributed by atoms with van der Waals surface area (Å²) in [7, 11) is 0. The number of aryl methyl sites for hydroxylation is 1. The van der Waals surface area contributed by atoms with Crippen LogP contribution in [0.4, 0.5) is 0 Å². The van der Waals surface area contributed by atoms with Crippen molar-refractivity contribution in [1.82, 2.24) is 0 Å². The number of Topliss-reactive ketones (excluding diaryl/α,β-unsaturated/α-hetero) is 1. The molecule has 0 atom stereocenters. The predicted octanol–water partition coefficient (Wildman–Crippen LogP) is 3.99. The maximum absolute atomic E-state index is 11.8. The van der Waals surface area contributed by atoms with Gasteiger partial charge in [0.25, 0.3) is 0 Å². The maximum atomic E-state index is 11.8. The fourth-order valence-corrected chi connectivity index (χ4v) is 1.80. The van der Waals surface area contributed by atoms with Gasteiger partial charge in [-0.2, -0.15) is 0 Å². The number of rotatable bonds is 3. The molecule has 0 bridgehead atoms. The number of benzene rings is 1. The number of hydrogen-bond donors (Lipinski definition) is 0. The third-order valence-electron chi connectivity index (χ3n) is 2.02. The lowest BCUT2D eigenvalue weighted by molar-refractivity contribution is 0.0967. The zero-order chi connectivity index (χ0) is 10.7. The van der Waals surface area contributed by atoms with Crippen molar-refractivity contribution in [2.45, 2.75) is 27.2 Å². The molecule has 0 amide bonds. The molecule has 0 spiro atoms. The smallest absolute Gasteiger partial charge is 0.164 e. The van der Waals surface area contributed by atoms with Gasteiger partial charge in [-0.25, -0.2) is 0 Å². The van der Waals surface area contributed by atoms with Crippen LogP contribution in [0.15, 0.2) is 22.7 Å². The Hall–Kier alpha value is -0.630. The summed E-state index contributed by atoms with van der Waals surface area (Å²) in [5, 5.41) is 0. The number of halogens is 1. The normalized spacial score (nSPS) is 10.6. The van der Waals surface area contributed by atoms with Crippen LogP contribution in [0, 0.1) is 12.8 Å². The first-order valence-corrected chi connectivity index (χ1v) is 5.59. The molecule has 1 aromatic rings. The molecule has 0 fully saturated rings. The molecule has 0 N–H and O–H groups in total. The number of carbonyl (C=O) groups excluding carboxylic acids is 1. The van der Waals surface area contributed by atoms with Crippen LogP contribution in [0.1, 0.15) is 36.2 Å². The summed E-state index contributed by atoms with van der Waals surface area (Å²) >= 11 is 3.40. The van der Waals surface area contributed by atoms with E-state index in [9.17, 15) is 4.79 Å². The molecular weight excluding hydrogens is 240 g/mol. The van der Waals surface area contributed by atoms with Crippen molar-refractivity contribution in [3.8, 4) is 0 Å². The number of ketones is 1. The van der Waals surface area contributed by atoms with E-state index >= 15 is 0 Å². The minimum Gasteiger partial charge on any atom is -0.294 e. The standard InChI is InChI=1S/C12H15BrO/c1-8(2)6-12(14)10-7-9(3)4-5-11(10)13/h4-5,7-8H,6H2,1-3H3. The Balaban J connectivity index is 2.94. The fourth-order valence-electron chi connectivity index (χ4n) is 1.33. The van der Waals surface area contributed by atoms with Crippen LogP contribution in [-0.2, 0) is 0 Å². The zero-order valence-electron chi connectivity index (χ0n) is 8.80. The van der Waals surface area contributed by atoms with Crippen LogP contribution < -0.4 is 0 Å². The van der Waals surface area contributed by atoms with Gasteiger partial charge in [0.2, 0.25) is 0 Å². The third-order valence-corrected chi connectivity index (χ3v) is 2.71. The molecule has 1 rings (SSSR count). The van der Waals surface area contributed by atoms with Crippen molar-refractivity contribution in [2.24, 2.45) is 5.92 Å². The Morgan fingerprint density at radius 1 is 1.43 bits per heavy atom. The van der Waals surface area contributed by atoms with Crippen molar-refractivity contribution in [3.63, 3.8) is 0 Å². The molecule has 1 nitrogen and oxygen atoms in total. The third kappa shape index (κ3) is 2.95. The second kappa shape index (κ2) is 4.74. The molecule has 0 heterocycles. The second-order valence-electron chi connectivity index (χ2n) is 4.00. The van der Waals surface area contributed by atoms with Crippen molar-refractivity contribution in [2.75, 3.05) is 0 Å². The zero-order valence-corrected chi connectivity index (χ0v) is 10.4. The average molecular weight is 255 g/mol. The SMILES string of the molecule is Cc1ccc(Br)c(C(=O)CC(C)C)c1. The van der Waals surface area contributed by atoms with Gasteiger partial charge in [0.05, 0.1) is 0 Å². The van der Waals surface area contributed by atoms with E-state index in [0.717, 1.165) is 15.6 Å². The van der Waals surface area contributed by atoms with Gasteiger partial charge in [0.1, 0.15) is 0 Å². The molecular formula is C12H15BrO. The van der Waals surface area contributed by atoms with Crippen molar-refractivity contribution in [3.05, 3.63) is 33.8 Å². The van der Waals surface area contributed by atoms with Gasteiger partial charge in [-0.05, 0) is 25.0 Å². The van der Waals surface area contributed by atoms with Crippen LogP contribution in [-0.4, -0.2) is 5.78 Å². The van der Waals surface area contributed by atoms with Gasteiger partial charge in [-0.3, -0.25) is 4.79 Å². The van der Waals surface area contributed by atoms with Gasteiger partial charge in [0.15, 0.2) is 5.78 Å². The van der Waals surface area contributed by atoms with Crippen LogP contribution in [0.5, 0.6) is 0 Å². The highest BCUT2D eigenvalue weighted by Crippen LogP contribution is 2.21. The minimum absolute atomic E-state index is 0.218. The predicted molar refractivity (Wildman–Crippen MR) is 62.7 cm³/mol. The monoisotopic (exact) mass is 254 g/mol. The quantitative estimate of drug-likeness (QED) is 0.746. The van der Waals surface area contributed by atoms with E-state index in [4.69, 9.17) is 0 Å². The molecule has 0 saturated carbocycles. The van der Waals surface area contributed by atoms with Crippen molar-refractivity contribution >= 4 is 21.7 Å². The first kappa shape index (κ1) is 11.4. The molecule has 0 aromatic heterocycles. The Kier molecular flexibility index (Phi) is 3.87. The first-order chi connectivity index (χ1) is 6.50. The van der Waals surface area contributed by atoms with E-state index in [0.29, 0.717) is 12.3 Å². The van der Waals surface area contributed by atoms with E-state index in [1.165, 1.54) is 0 Å². The van der Waals surface area contributed by atoms with Crippen LogP contribution in [0.3, 0.4) is 0 Å². The summed E-state index contributed by atoms with van der Waals surface area (Å²) in [6.45, 7) is 6.11. The van der Waals surface area contributed by atoms with Crippen LogP contribution >= 0.6 is 15.9 Å². The maximum Gasteiger partial charge on any atom is 0.164 e.